The van der Waals surface area contributed by atoms with Gasteiger partial charge in [0.1, 0.15) is 0 Å². The molecule has 3 rings (SSSR count). The molecule has 1 aliphatic rings. The van der Waals surface area contributed by atoms with Crippen molar-refractivity contribution in [1.82, 2.24) is 4.90 Å². The number of likely N-dealkylation sites (N-methyl/N-ethyl adjacent to an activating group) is 1. The average Bonchev–Trinajstić information content (AvgIpc) is 2.57. The highest BCUT2D eigenvalue weighted by Crippen LogP contribution is 2.39. The first-order valence-electron chi connectivity index (χ1n) is 7.99. The number of hydrogen-bond acceptors (Lipinski definition) is 5. The van der Waals surface area contributed by atoms with Gasteiger partial charge in [-0.25, -0.2) is 0 Å². The van der Waals surface area contributed by atoms with Crippen molar-refractivity contribution < 1.29 is 19.7 Å². The normalized spacial score (nSPS) is 17.4. The second kappa shape index (κ2) is 6.61. The van der Waals surface area contributed by atoms with Crippen molar-refractivity contribution >= 4 is 0 Å². The number of rotatable bonds is 4. The average molecular weight is 329 g/mol. The first-order valence-corrected chi connectivity index (χ1v) is 7.99. The first-order chi connectivity index (χ1) is 11.5. The summed E-state index contributed by atoms with van der Waals surface area (Å²) in [5.41, 5.74) is 3.33. The summed E-state index contributed by atoms with van der Waals surface area (Å²) in [6.07, 6.45) is 1.67. The largest absolute Gasteiger partial charge is 0.504 e. The predicted molar refractivity (Wildman–Crippen MR) is 92.1 cm³/mol. The summed E-state index contributed by atoms with van der Waals surface area (Å²) in [7, 11) is 5.18. The van der Waals surface area contributed by atoms with Gasteiger partial charge in [0.05, 0.1) is 14.2 Å². The van der Waals surface area contributed by atoms with Crippen molar-refractivity contribution in [3.63, 3.8) is 0 Å². The molecule has 0 aromatic heterocycles. The Morgan fingerprint density at radius 3 is 2.42 bits per heavy atom. The fraction of sp³-hybridized carbons (Fsp3) is 0.368. The number of methoxy groups -OCH3 is 2. The lowest BCUT2D eigenvalue weighted by Crippen LogP contribution is -2.33. The van der Waals surface area contributed by atoms with Gasteiger partial charge in [0, 0.05) is 12.6 Å². The molecule has 24 heavy (non-hydrogen) atoms. The van der Waals surface area contributed by atoms with E-state index in [-0.39, 0.29) is 17.5 Å². The predicted octanol–water partition coefficient (Wildman–Crippen LogP) is 2.89. The van der Waals surface area contributed by atoms with Crippen molar-refractivity contribution in [2.45, 2.75) is 18.9 Å². The summed E-state index contributed by atoms with van der Waals surface area (Å²) in [5, 5.41) is 20.1. The fourth-order valence-electron chi connectivity index (χ4n) is 3.36. The van der Waals surface area contributed by atoms with Gasteiger partial charge in [0.2, 0.25) is 0 Å². The zero-order valence-electron chi connectivity index (χ0n) is 14.2. The molecule has 2 aromatic carbocycles. The van der Waals surface area contributed by atoms with Crippen LogP contribution >= 0.6 is 0 Å². The number of benzene rings is 2. The van der Waals surface area contributed by atoms with Gasteiger partial charge < -0.3 is 19.7 Å². The molecule has 1 atom stereocenters. The van der Waals surface area contributed by atoms with Crippen molar-refractivity contribution in [1.29, 1.82) is 0 Å². The molecule has 1 unspecified atom stereocenters. The molecule has 5 heteroatoms. The van der Waals surface area contributed by atoms with Crippen molar-refractivity contribution in [2.24, 2.45) is 0 Å². The van der Waals surface area contributed by atoms with Gasteiger partial charge in [0.15, 0.2) is 23.0 Å². The zero-order chi connectivity index (χ0) is 17.3. The van der Waals surface area contributed by atoms with Crippen LogP contribution in [0.5, 0.6) is 23.0 Å². The van der Waals surface area contributed by atoms with E-state index in [1.807, 2.05) is 12.1 Å². The van der Waals surface area contributed by atoms with Gasteiger partial charge in [-0.3, -0.25) is 4.90 Å². The van der Waals surface area contributed by atoms with E-state index in [1.165, 1.54) is 12.7 Å². The van der Waals surface area contributed by atoms with Gasteiger partial charge in [-0.15, -0.1) is 0 Å². The molecule has 2 N–H and O–H groups in total. The second-order valence-electron chi connectivity index (χ2n) is 6.18. The van der Waals surface area contributed by atoms with Crippen LogP contribution in [0.25, 0.3) is 0 Å². The van der Waals surface area contributed by atoms with E-state index in [4.69, 9.17) is 9.47 Å². The third-order valence-corrected chi connectivity index (χ3v) is 4.74. The molecule has 0 bridgehead atoms. The summed E-state index contributed by atoms with van der Waals surface area (Å²) >= 11 is 0. The third-order valence-electron chi connectivity index (χ3n) is 4.74. The summed E-state index contributed by atoms with van der Waals surface area (Å²) < 4.78 is 10.3. The molecular formula is C19H23NO4. The molecular weight excluding hydrogens is 306 g/mol. The highest BCUT2D eigenvalue weighted by molar-refractivity contribution is 5.49. The Morgan fingerprint density at radius 2 is 1.75 bits per heavy atom. The van der Waals surface area contributed by atoms with E-state index < -0.39 is 0 Å². The minimum Gasteiger partial charge on any atom is -0.504 e. The lowest BCUT2D eigenvalue weighted by atomic mass is 9.88. The maximum Gasteiger partial charge on any atom is 0.160 e. The summed E-state index contributed by atoms with van der Waals surface area (Å²) in [4.78, 5) is 2.27. The monoisotopic (exact) mass is 329 g/mol. The van der Waals surface area contributed by atoms with Crippen LogP contribution in [-0.2, 0) is 12.8 Å². The second-order valence-corrected chi connectivity index (χ2v) is 6.18. The maximum atomic E-state index is 10.1. The Labute approximate surface area is 142 Å². The Hall–Kier alpha value is -2.40. The molecule has 5 nitrogen and oxygen atoms in total. The van der Waals surface area contributed by atoms with Crippen LogP contribution in [0.4, 0.5) is 0 Å². The minimum absolute atomic E-state index is 0.137. The van der Waals surface area contributed by atoms with Crippen LogP contribution < -0.4 is 9.47 Å². The van der Waals surface area contributed by atoms with E-state index >= 15 is 0 Å². The maximum absolute atomic E-state index is 10.1. The zero-order valence-corrected chi connectivity index (χ0v) is 14.2. The van der Waals surface area contributed by atoms with Crippen molar-refractivity contribution in [3.8, 4) is 23.0 Å². The molecule has 2 aromatic rings. The van der Waals surface area contributed by atoms with Gasteiger partial charge in [-0.2, -0.15) is 0 Å². The van der Waals surface area contributed by atoms with Crippen LogP contribution in [0, 0.1) is 0 Å². The smallest absolute Gasteiger partial charge is 0.160 e. The van der Waals surface area contributed by atoms with Crippen LogP contribution in [0.3, 0.4) is 0 Å². The quantitative estimate of drug-likeness (QED) is 0.903. The summed E-state index contributed by atoms with van der Waals surface area (Å²) in [5.74, 6) is 1.29. The number of fused-ring (bicyclic) bond motifs is 1. The topological polar surface area (TPSA) is 62.2 Å². The lowest BCUT2D eigenvalue weighted by molar-refractivity contribution is 0.228. The number of phenols is 2. The number of phenolic OH excluding ortho intramolecular Hbond substituents is 2. The number of aromatic hydroxyl groups is 2. The molecule has 1 aliphatic heterocycles. The summed E-state index contributed by atoms with van der Waals surface area (Å²) in [6, 6.07) is 9.35. The SMILES string of the molecule is COc1ccc(CC2c3cc(O)c(OC)cc3CCN2C)cc1O. The number of nitrogens with zero attached hydrogens (tertiary/aromatic N) is 1. The van der Waals surface area contributed by atoms with E-state index in [0.717, 1.165) is 30.5 Å². The standard InChI is InChI=1S/C19H23NO4/c1-20-7-6-13-10-19(24-3)17(22)11-14(13)15(20)8-12-4-5-18(23-2)16(21)9-12/h4-5,9-11,15,21-22H,6-8H2,1-3H3. The van der Waals surface area contributed by atoms with Gasteiger partial charge >= 0.3 is 0 Å². The highest BCUT2D eigenvalue weighted by Gasteiger charge is 2.27. The van der Waals surface area contributed by atoms with Crippen molar-refractivity contribution in [3.05, 3.63) is 47.0 Å². The van der Waals surface area contributed by atoms with Crippen LogP contribution in [-0.4, -0.2) is 42.9 Å². The Balaban J connectivity index is 1.94. The van der Waals surface area contributed by atoms with Gasteiger partial charge in [-0.1, -0.05) is 6.07 Å². The number of hydrogen-bond donors (Lipinski definition) is 2. The van der Waals surface area contributed by atoms with E-state index in [1.54, 1.807) is 25.3 Å². The third kappa shape index (κ3) is 2.99. The molecule has 0 radical (unpaired) electrons. The molecule has 0 aliphatic carbocycles. The van der Waals surface area contributed by atoms with Gasteiger partial charge in [-0.05, 0) is 60.8 Å². The van der Waals surface area contributed by atoms with Crippen molar-refractivity contribution in [2.75, 3.05) is 27.8 Å². The van der Waals surface area contributed by atoms with Crippen LogP contribution in [0.1, 0.15) is 22.7 Å². The van der Waals surface area contributed by atoms with E-state index in [9.17, 15) is 10.2 Å². The van der Waals surface area contributed by atoms with Crippen LogP contribution in [0.2, 0.25) is 0 Å². The van der Waals surface area contributed by atoms with E-state index in [0.29, 0.717) is 11.5 Å². The Kier molecular flexibility index (Phi) is 4.53. The molecule has 0 fully saturated rings. The fourth-order valence-corrected chi connectivity index (χ4v) is 3.36. The molecule has 0 saturated heterocycles. The van der Waals surface area contributed by atoms with E-state index in [2.05, 4.69) is 11.9 Å². The Morgan fingerprint density at radius 1 is 1.04 bits per heavy atom. The molecule has 128 valence electrons. The molecule has 0 spiro atoms. The summed E-state index contributed by atoms with van der Waals surface area (Å²) in [6.45, 7) is 0.938. The number of ether oxygens (including phenoxy) is 2. The van der Waals surface area contributed by atoms with Gasteiger partial charge in [0.25, 0.3) is 0 Å². The lowest BCUT2D eigenvalue weighted by Gasteiger charge is -2.35. The minimum atomic E-state index is 0.137. The first kappa shape index (κ1) is 16.5. The Bertz CT molecular complexity index is 744. The highest BCUT2D eigenvalue weighted by atomic mass is 16.5. The molecule has 0 amide bonds. The molecule has 1 heterocycles. The molecule has 0 saturated carbocycles. The van der Waals surface area contributed by atoms with Crippen LogP contribution in [0.15, 0.2) is 30.3 Å².